The summed E-state index contributed by atoms with van der Waals surface area (Å²) in [5, 5.41) is 5.16. The van der Waals surface area contributed by atoms with Gasteiger partial charge in [0.05, 0.1) is 4.88 Å². The molecule has 1 aromatic carbocycles. The largest absolute Gasteiger partial charge is 0.325 e. The predicted molar refractivity (Wildman–Crippen MR) is 68.8 cm³/mol. The third-order valence-electron chi connectivity index (χ3n) is 2.34. The summed E-state index contributed by atoms with van der Waals surface area (Å²) in [5.74, 6) is 0.634. The molecule has 1 unspecified atom stereocenters. The maximum atomic E-state index is 5.38. The van der Waals surface area contributed by atoms with Gasteiger partial charge in [-0.05, 0) is 23.6 Å². The number of nitrogens with zero attached hydrogens (tertiary/aromatic N) is 1. The van der Waals surface area contributed by atoms with E-state index in [1.807, 2.05) is 47.8 Å². The lowest BCUT2D eigenvalue weighted by atomic mass is 10.3. The van der Waals surface area contributed by atoms with Crippen LogP contribution >= 0.6 is 11.3 Å². The Morgan fingerprint density at radius 3 is 2.82 bits per heavy atom. The number of thiophene rings is 1. The van der Waals surface area contributed by atoms with Crippen LogP contribution in [-0.2, 0) is 4.84 Å². The molecule has 1 atom stereocenters. The van der Waals surface area contributed by atoms with Crippen molar-refractivity contribution in [1.82, 2.24) is 5.48 Å². The lowest BCUT2D eigenvalue weighted by molar-refractivity contribution is 0.0397. The molecular weight excluding hydrogens is 234 g/mol. The number of hydrogen-bond donors (Lipinski definition) is 2. The fraction of sp³-hybridized carbons (Fsp3) is 0.0833. The molecule has 17 heavy (non-hydrogen) atoms. The number of hydroxylamine groups is 1. The highest BCUT2D eigenvalue weighted by molar-refractivity contribution is 7.10. The van der Waals surface area contributed by atoms with E-state index in [4.69, 9.17) is 4.84 Å². The molecular formula is C12H11N3OS. The summed E-state index contributed by atoms with van der Waals surface area (Å²) < 4.78 is 0. The summed E-state index contributed by atoms with van der Waals surface area (Å²) in [6.45, 7) is 0. The average Bonchev–Trinajstić information content (AvgIpc) is 3.00. The van der Waals surface area contributed by atoms with Gasteiger partial charge in [0.2, 0.25) is 12.2 Å². The van der Waals surface area contributed by atoms with E-state index >= 15 is 0 Å². The monoisotopic (exact) mass is 245 g/mol. The van der Waals surface area contributed by atoms with Gasteiger partial charge in [0.15, 0.2) is 0 Å². The maximum Gasteiger partial charge on any atom is 0.223 e. The molecule has 1 aliphatic rings. The third kappa shape index (κ3) is 2.30. The van der Waals surface area contributed by atoms with Gasteiger partial charge in [-0.2, -0.15) is 0 Å². The SMILES string of the molecule is c1ccc(NC2=NC(c3cccs3)ON2)cc1. The molecule has 5 heteroatoms. The Bertz CT molecular complexity index is 510. The second kappa shape index (κ2) is 4.57. The molecule has 0 amide bonds. The Balaban J connectivity index is 1.72. The normalized spacial score (nSPS) is 18.6. The van der Waals surface area contributed by atoms with E-state index in [9.17, 15) is 0 Å². The topological polar surface area (TPSA) is 45.7 Å². The van der Waals surface area contributed by atoms with E-state index < -0.39 is 0 Å². The molecule has 0 aliphatic carbocycles. The Morgan fingerprint density at radius 2 is 2.06 bits per heavy atom. The summed E-state index contributed by atoms with van der Waals surface area (Å²) in [6, 6.07) is 13.9. The first-order valence-electron chi connectivity index (χ1n) is 5.27. The van der Waals surface area contributed by atoms with Crippen molar-refractivity contribution in [1.29, 1.82) is 0 Å². The second-order valence-electron chi connectivity index (χ2n) is 3.56. The molecule has 86 valence electrons. The van der Waals surface area contributed by atoms with Gasteiger partial charge in [0.1, 0.15) is 0 Å². The molecule has 2 N–H and O–H groups in total. The minimum absolute atomic E-state index is 0.249. The highest BCUT2D eigenvalue weighted by Gasteiger charge is 2.20. The number of benzene rings is 1. The number of guanidine groups is 1. The van der Waals surface area contributed by atoms with Crippen LogP contribution in [0, 0.1) is 0 Å². The lowest BCUT2D eigenvalue weighted by Crippen LogP contribution is -2.24. The van der Waals surface area contributed by atoms with Crippen molar-refractivity contribution in [3.05, 3.63) is 52.7 Å². The van der Waals surface area contributed by atoms with Gasteiger partial charge in [-0.15, -0.1) is 11.3 Å². The highest BCUT2D eigenvalue weighted by atomic mass is 32.1. The first kappa shape index (κ1) is 10.3. The number of hydrogen-bond acceptors (Lipinski definition) is 5. The molecule has 0 saturated carbocycles. The smallest absolute Gasteiger partial charge is 0.223 e. The molecule has 2 aromatic rings. The summed E-state index contributed by atoms with van der Waals surface area (Å²) in [7, 11) is 0. The molecule has 2 heterocycles. The van der Waals surface area contributed by atoms with E-state index in [1.165, 1.54) is 0 Å². The van der Waals surface area contributed by atoms with Crippen molar-refractivity contribution in [2.45, 2.75) is 6.23 Å². The maximum absolute atomic E-state index is 5.38. The number of aliphatic imine (C=N–C) groups is 1. The molecule has 0 spiro atoms. The minimum atomic E-state index is -0.249. The fourth-order valence-electron chi connectivity index (χ4n) is 1.55. The van der Waals surface area contributed by atoms with Crippen LogP contribution in [0.15, 0.2) is 52.8 Å². The molecule has 0 saturated heterocycles. The van der Waals surface area contributed by atoms with Gasteiger partial charge in [0.25, 0.3) is 0 Å². The molecule has 0 bridgehead atoms. The highest BCUT2D eigenvalue weighted by Crippen LogP contribution is 2.25. The standard InChI is InChI=1S/C12H11N3OS/c1-2-5-9(6-3-1)13-12-14-11(16-15-12)10-7-4-8-17-10/h1-8,11H,(H2,13,14,15). The number of rotatable bonds is 2. The van der Waals surface area contributed by atoms with E-state index in [1.54, 1.807) is 11.3 Å². The van der Waals surface area contributed by atoms with Crippen LogP contribution in [0.5, 0.6) is 0 Å². The van der Waals surface area contributed by atoms with Gasteiger partial charge in [-0.3, -0.25) is 0 Å². The Kier molecular flexibility index (Phi) is 2.77. The average molecular weight is 245 g/mol. The van der Waals surface area contributed by atoms with Crippen molar-refractivity contribution >= 4 is 23.0 Å². The van der Waals surface area contributed by atoms with Gasteiger partial charge in [0, 0.05) is 5.69 Å². The molecule has 1 aromatic heterocycles. The van der Waals surface area contributed by atoms with E-state index in [-0.39, 0.29) is 6.23 Å². The fourth-order valence-corrected chi connectivity index (χ4v) is 2.24. The Morgan fingerprint density at radius 1 is 1.18 bits per heavy atom. The van der Waals surface area contributed by atoms with Crippen molar-refractivity contribution < 1.29 is 4.84 Å². The van der Waals surface area contributed by atoms with Gasteiger partial charge in [-0.1, -0.05) is 24.3 Å². The van der Waals surface area contributed by atoms with E-state index in [0.29, 0.717) is 5.96 Å². The molecule has 3 rings (SSSR count). The van der Waals surface area contributed by atoms with Gasteiger partial charge in [-0.25, -0.2) is 15.3 Å². The van der Waals surface area contributed by atoms with Crippen LogP contribution in [0.4, 0.5) is 5.69 Å². The van der Waals surface area contributed by atoms with Crippen LogP contribution < -0.4 is 10.8 Å². The van der Waals surface area contributed by atoms with Crippen LogP contribution in [0.25, 0.3) is 0 Å². The third-order valence-corrected chi connectivity index (χ3v) is 3.24. The minimum Gasteiger partial charge on any atom is -0.325 e. The molecule has 0 fully saturated rings. The Hall–Kier alpha value is -1.85. The summed E-state index contributed by atoms with van der Waals surface area (Å²) in [4.78, 5) is 10.9. The van der Waals surface area contributed by atoms with Crippen LogP contribution in [0.3, 0.4) is 0 Å². The summed E-state index contributed by atoms with van der Waals surface area (Å²) >= 11 is 1.63. The second-order valence-corrected chi connectivity index (χ2v) is 4.54. The Labute approximate surface area is 103 Å². The number of anilines is 1. The number of nitrogens with one attached hydrogen (secondary N) is 2. The zero-order chi connectivity index (χ0) is 11.5. The van der Waals surface area contributed by atoms with Gasteiger partial charge < -0.3 is 5.32 Å². The summed E-state index contributed by atoms with van der Waals surface area (Å²) in [6.07, 6.45) is -0.249. The van der Waals surface area contributed by atoms with Gasteiger partial charge >= 0.3 is 0 Å². The number of para-hydroxylation sites is 1. The summed E-state index contributed by atoms with van der Waals surface area (Å²) in [5.41, 5.74) is 3.77. The zero-order valence-corrected chi connectivity index (χ0v) is 9.78. The van der Waals surface area contributed by atoms with Crippen molar-refractivity contribution in [3.8, 4) is 0 Å². The quantitative estimate of drug-likeness (QED) is 0.855. The van der Waals surface area contributed by atoms with Crippen molar-refractivity contribution in [2.24, 2.45) is 4.99 Å². The van der Waals surface area contributed by atoms with Crippen LogP contribution in [0.2, 0.25) is 0 Å². The van der Waals surface area contributed by atoms with Crippen molar-refractivity contribution in [3.63, 3.8) is 0 Å². The molecule has 0 radical (unpaired) electrons. The first-order valence-corrected chi connectivity index (χ1v) is 6.15. The van der Waals surface area contributed by atoms with Crippen molar-refractivity contribution in [2.75, 3.05) is 5.32 Å². The first-order chi connectivity index (χ1) is 8.42. The van der Waals surface area contributed by atoms with Crippen LogP contribution in [-0.4, -0.2) is 5.96 Å². The lowest BCUT2D eigenvalue weighted by Gasteiger charge is -2.04. The van der Waals surface area contributed by atoms with E-state index in [2.05, 4.69) is 15.8 Å². The predicted octanol–water partition coefficient (Wildman–Crippen LogP) is 2.75. The zero-order valence-electron chi connectivity index (χ0n) is 8.96. The van der Waals surface area contributed by atoms with Crippen LogP contribution in [0.1, 0.15) is 11.1 Å². The molecule has 4 nitrogen and oxygen atoms in total. The molecule has 1 aliphatic heterocycles. The van der Waals surface area contributed by atoms with E-state index in [0.717, 1.165) is 10.6 Å².